The molecule has 0 spiro atoms. The lowest BCUT2D eigenvalue weighted by molar-refractivity contribution is -0.154. The highest BCUT2D eigenvalue weighted by molar-refractivity contribution is 5.73. The van der Waals surface area contributed by atoms with Crippen molar-refractivity contribution in [2.75, 3.05) is 0 Å². The summed E-state index contributed by atoms with van der Waals surface area (Å²) in [6, 6.07) is 0. The minimum atomic E-state index is -0.487. The van der Waals surface area contributed by atoms with Gasteiger partial charge in [-0.2, -0.15) is 0 Å². The Kier molecular flexibility index (Phi) is 5.05. The Morgan fingerprint density at radius 2 is 1.73 bits per heavy atom. The summed E-state index contributed by atoms with van der Waals surface area (Å²) >= 11 is 0. The Bertz CT molecular complexity index is 271. The van der Waals surface area contributed by atoms with Crippen molar-refractivity contribution in [2.45, 2.75) is 46.6 Å². The molecule has 4 nitrogen and oxygen atoms in total. The summed E-state index contributed by atoms with van der Waals surface area (Å²) in [6.45, 7) is 8.41. The molecule has 0 amide bonds. The molecule has 0 radical (unpaired) electrons. The molecule has 0 atom stereocenters. The number of hydrogen-bond acceptors (Lipinski definition) is 4. The van der Waals surface area contributed by atoms with E-state index < -0.39 is 11.6 Å². The lowest BCUT2D eigenvalue weighted by Gasteiger charge is -2.19. The van der Waals surface area contributed by atoms with E-state index in [1.165, 1.54) is 13.2 Å². The fraction of sp³-hybridized carbons (Fsp3) is 0.636. The van der Waals surface area contributed by atoms with Gasteiger partial charge < -0.3 is 9.47 Å². The van der Waals surface area contributed by atoms with Crippen LogP contribution in [0.5, 0.6) is 0 Å². The molecule has 0 aromatic rings. The van der Waals surface area contributed by atoms with Gasteiger partial charge in [0.1, 0.15) is 5.60 Å². The molecule has 0 fully saturated rings. The molecule has 86 valence electrons. The third-order valence-electron chi connectivity index (χ3n) is 1.27. The highest BCUT2D eigenvalue weighted by atomic mass is 16.6. The van der Waals surface area contributed by atoms with Crippen molar-refractivity contribution in [1.82, 2.24) is 0 Å². The van der Waals surface area contributed by atoms with Crippen LogP contribution in [0.4, 0.5) is 0 Å². The van der Waals surface area contributed by atoms with E-state index in [1.54, 1.807) is 27.7 Å². The van der Waals surface area contributed by atoms with E-state index in [4.69, 9.17) is 4.74 Å². The molecule has 0 unspecified atom stereocenters. The summed E-state index contributed by atoms with van der Waals surface area (Å²) in [5.41, 5.74) is 0.165. The normalized spacial score (nSPS) is 12.2. The highest BCUT2D eigenvalue weighted by Gasteiger charge is 2.16. The maximum absolute atomic E-state index is 11.3. The predicted molar refractivity (Wildman–Crippen MR) is 56.0 cm³/mol. The molecular formula is C11H18O4. The van der Waals surface area contributed by atoms with Crippen LogP contribution in [0.1, 0.15) is 41.0 Å². The van der Waals surface area contributed by atoms with Crippen molar-refractivity contribution in [1.29, 1.82) is 0 Å². The Morgan fingerprint density at radius 3 is 2.13 bits per heavy atom. The number of hydrogen-bond donors (Lipinski definition) is 0. The van der Waals surface area contributed by atoms with E-state index in [1.807, 2.05) is 0 Å². The average Bonchev–Trinajstić information content (AvgIpc) is 1.96. The third kappa shape index (κ3) is 9.00. The van der Waals surface area contributed by atoms with Crippen LogP contribution in [-0.4, -0.2) is 17.5 Å². The molecule has 0 N–H and O–H groups in total. The van der Waals surface area contributed by atoms with Gasteiger partial charge in [0.05, 0.1) is 12.7 Å². The zero-order valence-corrected chi connectivity index (χ0v) is 9.92. The van der Waals surface area contributed by atoms with Gasteiger partial charge in [0.15, 0.2) is 0 Å². The average molecular weight is 214 g/mol. The van der Waals surface area contributed by atoms with Gasteiger partial charge in [-0.25, -0.2) is 0 Å². The van der Waals surface area contributed by atoms with Crippen LogP contribution in [0.3, 0.4) is 0 Å². The van der Waals surface area contributed by atoms with Gasteiger partial charge in [0.2, 0.25) is 0 Å². The van der Waals surface area contributed by atoms with Crippen molar-refractivity contribution >= 4 is 11.9 Å². The first-order valence-corrected chi connectivity index (χ1v) is 4.75. The molecule has 0 aliphatic heterocycles. The van der Waals surface area contributed by atoms with Gasteiger partial charge in [-0.15, -0.1) is 0 Å². The number of ether oxygens (including phenoxy) is 2. The number of rotatable bonds is 3. The zero-order valence-electron chi connectivity index (χ0n) is 9.92. The highest BCUT2D eigenvalue weighted by Crippen LogP contribution is 2.11. The summed E-state index contributed by atoms with van der Waals surface area (Å²) in [6.07, 6.45) is 1.40. The van der Waals surface area contributed by atoms with Crippen LogP contribution in [-0.2, 0) is 19.1 Å². The van der Waals surface area contributed by atoms with Crippen molar-refractivity contribution in [3.8, 4) is 0 Å². The zero-order chi connectivity index (χ0) is 12.1. The van der Waals surface area contributed by atoms with Crippen LogP contribution in [0.15, 0.2) is 11.8 Å². The van der Waals surface area contributed by atoms with Gasteiger partial charge in [0, 0.05) is 6.92 Å². The Labute approximate surface area is 90.2 Å². The first-order valence-electron chi connectivity index (χ1n) is 4.75. The second kappa shape index (κ2) is 5.53. The summed E-state index contributed by atoms with van der Waals surface area (Å²) in [5, 5.41) is 0. The second-order valence-corrected chi connectivity index (χ2v) is 4.34. The van der Waals surface area contributed by atoms with Gasteiger partial charge >= 0.3 is 11.9 Å². The molecule has 0 aliphatic rings. The number of esters is 2. The standard InChI is InChI=1S/C11H18O4/c1-8(7-14-9(2)12)6-10(13)15-11(3,4)5/h7H,6H2,1-5H3/b8-7+. The van der Waals surface area contributed by atoms with E-state index in [9.17, 15) is 9.59 Å². The van der Waals surface area contributed by atoms with Crippen molar-refractivity contribution in [2.24, 2.45) is 0 Å². The predicted octanol–water partition coefficient (Wildman–Crippen LogP) is 2.19. The first kappa shape index (κ1) is 13.7. The summed E-state index contributed by atoms with van der Waals surface area (Å²) in [7, 11) is 0. The Morgan fingerprint density at radius 1 is 1.20 bits per heavy atom. The van der Waals surface area contributed by atoms with Crippen LogP contribution >= 0.6 is 0 Å². The number of carbonyl (C=O) groups excluding carboxylic acids is 2. The first-order chi connectivity index (χ1) is 6.70. The summed E-state index contributed by atoms with van der Waals surface area (Å²) in [4.78, 5) is 21.8. The van der Waals surface area contributed by atoms with E-state index in [0.717, 1.165) is 0 Å². The minimum absolute atomic E-state index is 0.130. The van der Waals surface area contributed by atoms with Crippen LogP contribution < -0.4 is 0 Å². The van der Waals surface area contributed by atoms with Crippen LogP contribution in [0.25, 0.3) is 0 Å². The smallest absolute Gasteiger partial charge is 0.310 e. The SMILES string of the molecule is CC(=O)O/C=C(\C)CC(=O)OC(C)(C)C. The minimum Gasteiger partial charge on any atom is -0.460 e. The second-order valence-electron chi connectivity index (χ2n) is 4.34. The van der Waals surface area contributed by atoms with E-state index >= 15 is 0 Å². The third-order valence-corrected chi connectivity index (χ3v) is 1.27. The molecule has 0 rings (SSSR count). The van der Waals surface area contributed by atoms with E-state index in [-0.39, 0.29) is 12.4 Å². The summed E-state index contributed by atoms with van der Waals surface area (Å²) in [5.74, 6) is -0.734. The molecule has 0 bridgehead atoms. The fourth-order valence-corrected chi connectivity index (χ4v) is 0.831. The largest absolute Gasteiger partial charge is 0.460 e. The Hall–Kier alpha value is -1.32. The lowest BCUT2D eigenvalue weighted by atomic mass is 10.2. The quantitative estimate of drug-likeness (QED) is 0.533. The molecule has 0 heterocycles. The monoisotopic (exact) mass is 214 g/mol. The molecule has 0 aliphatic carbocycles. The molecule has 0 saturated heterocycles. The maximum atomic E-state index is 11.3. The van der Waals surface area contributed by atoms with Crippen molar-refractivity contribution in [3.05, 3.63) is 11.8 Å². The van der Waals surface area contributed by atoms with E-state index in [0.29, 0.717) is 5.57 Å². The fourth-order valence-electron chi connectivity index (χ4n) is 0.831. The molecule has 15 heavy (non-hydrogen) atoms. The molecule has 0 saturated carbocycles. The maximum Gasteiger partial charge on any atom is 0.310 e. The molecule has 0 aromatic heterocycles. The van der Waals surface area contributed by atoms with Crippen molar-refractivity contribution in [3.63, 3.8) is 0 Å². The topological polar surface area (TPSA) is 52.6 Å². The molecular weight excluding hydrogens is 196 g/mol. The van der Waals surface area contributed by atoms with Gasteiger partial charge in [0.25, 0.3) is 0 Å². The lowest BCUT2D eigenvalue weighted by Crippen LogP contribution is -2.23. The Balaban J connectivity index is 4.07. The van der Waals surface area contributed by atoms with E-state index in [2.05, 4.69) is 4.74 Å². The van der Waals surface area contributed by atoms with Crippen LogP contribution in [0, 0.1) is 0 Å². The van der Waals surface area contributed by atoms with Gasteiger partial charge in [-0.3, -0.25) is 9.59 Å². The molecule has 4 heteroatoms. The molecule has 0 aromatic carbocycles. The van der Waals surface area contributed by atoms with Gasteiger partial charge in [-0.1, -0.05) is 0 Å². The van der Waals surface area contributed by atoms with Gasteiger partial charge in [-0.05, 0) is 33.3 Å². The summed E-state index contributed by atoms with van der Waals surface area (Å²) < 4.78 is 9.72. The van der Waals surface area contributed by atoms with Crippen LogP contribution in [0.2, 0.25) is 0 Å². The van der Waals surface area contributed by atoms with Crippen molar-refractivity contribution < 1.29 is 19.1 Å². The number of carbonyl (C=O) groups is 2.